The highest BCUT2D eigenvalue weighted by molar-refractivity contribution is 7.16. The van der Waals surface area contributed by atoms with E-state index in [1.165, 1.54) is 11.3 Å². The van der Waals surface area contributed by atoms with Gasteiger partial charge in [0.2, 0.25) is 5.91 Å². The number of nitrogens with zero attached hydrogens (tertiary/aromatic N) is 1. The number of amides is 1. The van der Waals surface area contributed by atoms with Crippen LogP contribution in [0.15, 0.2) is 12.1 Å². The van der Waals surface area contributed by atoms with Crippen LogP contribution in [-0.2, 0) is 16.1 Å². The maximum absolute atomic E-state index is 12.5. The van der Waals surface area contributed by atoms with Crippen LogP contribution >= 0.6 is 22.9 Å². The summed E-state index contributed by atoms with van der Waals surface area (Å²) in [5, 5.41) is 9.24. The van der Waals surface area contributed by atoms with Gasteiger partial charge in [0.05, 0.1) is 22.7 Å². The number of hydrogen-bond donors (Lipinski definition) is 1. The molecule has 1 heterocycles. The number of hydrogen-bond acceptors (Lipinski definition) is 3. The fraction of sp³-hybridized carbons (Fsp3) is 0.571. The Morgan fingerprint density at radius 3 is 2.60 bits per heavy atom. The third-order valence-electron chi connectivity index (χ3n) is 3.83. The average Bonchev–Trinajstić information content (AvgIpc) is 2.94. The summed E-state index contributed by atoms with van der Waals surface area (Å²) in [5.41, 5.74) is 0. The second-order valence-electron chi connectivity index (χ2n) is 5.53. The van der Waals surface area contributed by atoms with Crippen LogP contribution in [0, 0.1) is 17.8 Å². The molecule has 0 aliphatic heterocycles. The number of carboxylic acids is 1. The van der Waals surface area contributed by atoms with E-state index in [1.807, 2.05) is 13.0 Å². The molecule has 1 fully saturated rings. The first-order chi connectivity index (χ1) is 9.38. The number of carbonyl (C=O) groups is 2. The summed E-state index contributed by atoms with van der Waals surface area (Å²) in [4.78, 5) is 26.3. The van der Waals surface area contributed by atoms with E-state index in [0.29, 0.717) is 23.7 Å². The van der Waals surface area contributed by atoms with E-state index in [2.05, 4.69) is 0 Å². The SMILES string of the molecule is CC1CC(C(=O)O)C(C(=O)N(C)Cc2ccc(Cl)s2)C1. The second kappa shape index (κ2) is 6.14. The highest BCUT2D eigenvalue weighted by Gasteiger charge is 2.42. The quantitative estimate of drug-likeness (QED) is 0.928. The zero-order valence-electron chi connectivity index (χ0n) is 11.5. The Hall–Kier alpha value is -1.07. The summed E-state index contributed by atoms with van der Waals surface area (Å²) in [5.74, 6) is -1.60. The molecule has 1 amide bonds. The zero-order valence-corrected chi connectivity index (χ0v) is 13.1. The number of carboxylic acid groups (broad SMARTS) is 1. The molecule has 0 bridgehead atoms. The summed E-state index contributed by atoms with van der Waals surface area (Å²) in [6.45, 7) is 2.48. The summed E-state index contributed by atoms with van der Waals surface area (Å²) in [6.07, 6.45) is 1.25. The van der Waals surface area contributed by atoms with Crippen molar-refractivity contribution in [2.24, 2.45) is 17.8 Å². The van der Waals surface area contributed by atoms with Gasteiger partial charge in [0.1, 0.15) is 0 Å². The molecule has 3 atom stereocenters. The lowest BCUT2D eigenvalue weighted by molar-refractivity contribution is -0.148. The van der Waals surface area contributed by atoms with Gasteiger partial charge in [-0.15, -0.1) is 11.3 Å². The number of halogens is 1. The number of carbonyl (C=O) groups excluding carboxylic acids is 1. The van der Waals surface area contributed by atoms with Gasteiger partial charge in [0.15, 0.2) is 0 Å². The summed E-state index contributed by atoms with van der Waals surface area (Å²) in [6, 6.07) is 3.69. The molecule has 1 aromatic rings. The fourth-order valence-corrected chi connectivity index (χ4v) is 4.01. The summed E-state index contributed by atoms with van der Waals surface area (Å²) >= 11 is 7.31. The summed E-state index contributed by atoms with van der Waals surface area (Å²) in [7, 11) is 1.72. The van der Waals surface area contributed by atoms with Gasteiger partial charge in [-0.1, -0.05) is 18.5 Å². The standard InChI is InChI=1S/C14H18ClNO3S/c1-8-5-10(11(6-8)14(18)19)13(17)16(2)7-9-3-4-12(15)20-9/h3-4,8,10-11H,5-7H2,1-2H3,(H,18,19). The number of aliphatic carboxylic acids is 1. The topological polar surface area (TPSA) is 57.6 Å². The highest BCUT2D eigenvalue weighted by atomic mass is 35.5. The van der Waals surface area contributed by atoms with Gasteiger partial charge in [-0.2, -0.15) is 0 Å². The molecule has 1 aliphatic rings. The van der Waals surface area contributed by atoms with Gasteiger partial charge in [0, 0.05) is 11.9 Å². The van der Waals surface area contributed by atoms with Crippen LogP contribution in [0.3, 0.4) is 0 Å². The van der Waals surface area contributed by atoms with Gasteiger partial charge in [-0.3, -0.25) is 9.59 Å². The molecule has 6 heteroatoms. The Labute approximate surface area is 127 Å². The van der Waals surface area contributed by atoms with Crippen molar-refractivity contribution in [2.45, 2.75) is 26.3 Å². The molecule has 110 valence electrons. The minimum absolute atomic E-state index is 0.0775. The minimum atomic E-state index is -0.861. The van der Waals surface area contributed by atoms with Crippen molar-refractivity contribution in [3.05, 3.63) is 21.3 Å². The van der Waals surface area contributed by atoms with E-state index in [-0.39, 0.29) is 11.8 Å². The monoisotopic (exact) mass is 315 g/mol. The molecule has 0 radical (unpaired) electrons. The van der Waals surface area contributed by atoms with Crippen LogP contribution in [0.1, 0.15) is 24.6 Å². The normalized spacial score (nSPS) is 25.6. The predicted molar refractivity (Wildman–Crippen MR) is 78.8 cm³/mol. The van der Waals surface area contributed by atoms with Crippen molar-refractivity contribution in [2.75, 3.05) is 7.05 Å². The largest absolute Gasteiger partial charge is 0.481 e. The Balaban J connectivity index is 2.04. The first kappa shape index (κ1) is 15.3. The first-order valence-corrected chi connectivity index (χ1v) is 7.80. The molecule has 1 saturated carbocycles. The Bertz CT molecular complexity index is 516. The molecular formula is C14H18ClNO3S. The molecule has 3 unspecified atom stereocenters. The maximum Gasteiger partial charge on any atom is 0.307 e. The van der Waals surface area contributed by atoms with Crippen LogP contribution in [0.4, 0.5) is 0 Å². The second-order valence-corrected chi connectivity index (χ2v) is 7.33. The van der Waals surface area contributed by atoms with Crippen molar-refractivity contribution < 1.29 is 14.7 Å². The zero-order chi connectivity index (χ0) is 14.9. The third kappa shape index (κ3) is 3.33. The van der Waals surface area contributed by atoms with Crippen LogP contribution in [0.2, 0.25) is 4.34 Å². The van der Waals surface area contributed by atoms with E-state index in [0.717, 1.165) is 4.88 Å². The molecule has 20 heavy (non-hydrogen) atoms. The third-order valence-corrected chi connectivity index (χ3v) is 5.05. The molecule has 1 aromatic heterocycles. The molecule has 0 spiro atoms. The van der Waals surface area contributed by atoms with Crippen molar-refractivity contribution in [3.8, 4) is 0 Å². The van der Waals surface area contributed by atoms with Crippen LogP contribution < -0.4 is 0 Å². The van der Waals surface area contributed by atoms with E-state index < -0.39 is 17.8 Å². The van der Waals surface area contributed by atoms with Crippen LogP contribution in [0.25, 0.3) is 0 Å². The minimum Gasteiger partial charge on any atom is -0.481 e. The van der Waals surface area contributed by atoms with Crippen molar-refractivity contribution in [1.82, 2.24) is 4.90 Å². The molecule has 0 aromatic carbocycles. The Morgan fingerprint density at radius 2 is 2.05 bits per heavy atom. The molecule has 0 saturated heterocycles. The van der Waals surface area contributed by atoms with E-state index >= 15 is 0 Å². The Morgan fingerprint density at radius 1 is 1.40 bits per heavy atom. The fourth-order valence-electron chi connectivity index (χ4n) is 2.87. The maximum atomic E-state index is 12.5. The first-order valence-electron chi connectivity index (χ1n) is 6.60. The van der Waals surface area contributed by atoms with Gasteiger partial charge in [-0.25, -0.2) is 0 Å². The Kier molecular flexibility index (Phi) is 4.70. The smallest absolute Gasteiger partial charge is 0.307 e. The average molecular weight is 316 g/mol. The van der Waals surface area contributed by atoms with Crippen LogP contribution in [-0.4, -0.2) is 28.9 Å². The van der Waals surface area contributed by atoms with Crippen molar-refractivity contribution in [1.29, 1.82) is 0 Å². The number of rotatable bonds is 4. The highest BCUT2D eigenvalue weighted by Crippen LogP contribution is 2.37. The van der Waals surface area contributed by atoms with E-state index in [1.54, 1.807) is 18.0 Å². The summed E-state index contributed by atoms with van der Waals surface area (Å²) < 4.78 is 0.693. The lowest BCUT2D eigenvalue weighted by atomic mass is 9.95. The van der Waals surface area contributed by atoms with Crippen LogP contribution in [0.5, 0.6) is 0 Å². The van der Waals surface area contributed by atoms with E-state index in [4.69, 9.17) is 11.6 Å². The van der Waals surface area contributed by atoms with Gasteiger partial charge in [0.25, 0.3) is 0 Å². The molecule has 4 nitrogen and oxygen atoms in total. The molecule has 1 N–H and O–H groups in total. The van der Waals surface area contributed by atoms with Gasteiger partial charge < -0.3 is 10.0 Å². The van der Waals surface area contributed by atoms with Gasteiger partial charge in [-0.05, 0) is 30.9 Å². The molecule has 1 aliphatic carbocycles. The lowest BCUT2D eigenvalue weighted by Crippen LogP contribution is -2.36. The van der Waals surface area contributed by atoms with Gasteiger partial charge >= 0.3 is 5.97 Å². The number of thiophene rings is 1. The predicted octanol–water partition coefficient (Wildman–Crippen LogP) is 3.11. The molecule has 2 rings (SSSR count). The van der Waals surface area contributed by atoms with Crippen molar-refractivity contribution >= 4 is 34.8 Å². The van der Waals surface area contributed by atoms with Crippen molar-refractivity contribution in [3.63, 3.8) is 0 Å². The van der Waals surface area contributed by atoms with E-state index in [9.17, 15) is 14.7 Å². The molecular weight excluding hydrogens is 298 g/mol. The lowest BCUT2D eigenvalue weighted by Gasteiger charge is -2.23.